The van der Waals surface area contributed by atoms with Crippen molar-refractivity contribution in [3.8, 4) is 11.5 Å². The molecule has 0 aromatic heterocycles. The summed E-state index contributed by atoms with van der Waals surface area (Å²) < 4.78 is 19.5. The molecule has 6 unspecified atom stereocenters. The summed E-state index contributed by atoms with van der Waals surface area (Å²) >= 11 is 6.30. The molecule has 2 aliphatic heterocycles. The summed E-state index contributed by atoms with van der Waals surface area (Å²) in [5.74, 6) is -5.68. The minimum absolute atomic E-state index is 0.0862. The molecule has 0 bridgehead atoms. The Balaban J connectivity index is 1.48. The molecule has 3 aromatic rings. The molecule has 2 aliphatic carbocycles. The van der Waals surface area contributed by atoms with Crippen molar-refractivity contribution in [2.24, 2.45) is 23.7 Å². The van der Waals surface area contributed by atoms with E-state index in [4.69, 9.17) is 16.3 Å². The van der Waals surface area contributed by atoms with Crippen LogP contribution in [0.15, 0.2) is 78.4 Å². The summed E-state index contributed by atoms with van der Waals surface area (Å²) in [6.45, 7) is 2.06. The Morgan fingerprint density at radius 3 is 2.47 bits per heavy atom. The number of phenolic OH excluding ortho intramolecular Hbond substituents is 1. The minimum atomic E-state index is -1.51. The van der Waals surface area contributed by atoms with Crippen LogP contribution in [0.4, 0.5) is 10.1 Å². The number of anilines is 1. The fourth-order valence-electron chi connectivity index (χ4n) is 7.92. The molecule has 7 rings (SSSR count). The van der Waals surface area contributed by atoms with Crippen LogP contribution >= 0.6 is 11.6 Å². The van der Waals surface area contributed by atoms with Crippen LogP contribution in [-0.2, 0) is 24.6 Å². The van der Waals surface area contributed by atoms with Gasteiger partial charge in [-0.2, -0.15) is 5.01 Å². The first-order chi connectivity index (χ1) is 21.6. The third kappa shape index (κ3) is 4.34. The summed E-state index contributed by atoms with van der Waals surface area (Å²) in [7, 11) is 0. The van der Waals surface area contributed by atoms with Crippen LogP contribution in [0.25, 0.3) is 0 Å². The first kappa shape index (κ1) is 29.0. The van der Waals surface area contributed by atoms with E-state index in [0.717, 1.165) is 10.6 Å². The summed E-state index contributed by atoms with van der Waals surface area (Å²) in [5, 5.41) is 14.5. The molecule has 1 saturated carbocycles. The number of imide groups is 2. The summed E-state index contributed by atoms with van der Waals surface area (Å²) in [6, 6.07) is 16.9. The average molecular weight is 630 g/mol. The Bertz CT molecular complexity index is 1780. The SMILES string of the molecule is CCOc1cc(C2C3=CCC4C(=O)NC(=O)C4C3CC3C(=O)N(Nc4ccc(F)cc4)C(=O)C32c2ccc(Cl)cc2)ccc1O. The van der Waals surface area contributed by atoms with Crippen LogP contribution in [-0.4, -0.2) is 40.4 Å². The van der Waals surface area contributed by atoms with Crippen LogP contribution in [0.1, 0.15) is 36.8 Å². The van der Waals surface area contributed by atoms with E-state index in [1.54, 1.807) is 43.3 Å². The van der Waals surface area contributed by atoms with E-state index in [0.29, 0.717) is 28.3 Å². The number of amides is 4. The molecule has 9 nitrogen and oxygen atoms in total. The van der Waals surface area contributed by atoms with Crippen molar-refractivity contribution in [2.75, 3.05) is 12.0 Å². The van der Waals surface area contributed by atoms with E-state index >= 15 is 4.79 Å². The molecule has 45 heavy (non-hydrogen) atoms. The zero-order valence-electron chi connectivity index (χ0n) is 24.1. The number of hydrazine groups is 1. The number of hydrogen-bond donors (Lipinski definition) is 3. The van der Waals surface area contributed by atoms with Gasteiger partial charge < -0.3 is 9.84 Å². The highest BCUT2D eigenvalue weighted by atomic mass is 35.5. The molecule has 2 heterocycles. The van der Waals surface area contributed by atoms with Gasteiger partial charge in [0.15, 0.2) is 11.5 Å². The molecule has 3 fully saturated rings. The Morgan fingerprint density at radius 1 is 1.02 bits per heavy atom. The van der Waals surface area contributed by atoms with Gasteiger partial charge in [-0.05, 0) is 85.3 Å². The van der Waals surface area contributed by atoms with Crippen LogP contribution in [0.2, 0.25) is 5.02 Å². The van der Waals surface area contributed by atoms with E-state index in [1.165, 1.54) is 30.3 Å². The highest BCUT2D eigenvalue weighted by Gasteiger charge is 2.70. The van der Waals surface area contributed by atoms with Crippen molar-refractivity contribution in [3.05, 3.63) is 100 Å². The number of allylic oxidation sites excluding steroid dienone is 2. The number of nitrogens with zero attached hydrogens (tertiary/aromatic N) is 1. The highest BCUT2D eigenvalue weighted by molar-refractivity contribution is 6.30. The number of benzene rings is 3. The van der Waals surface area contributed by atoms with E-state index in [1.807, 2.05) is 6.08 Å². The van der Waals surface area contributed by atoms with E-state index in [-0.39, 0.29) is 30.4 Å². The quantitative estimate of drug-likeness (QED) is 0.263. The third-order valence-corrected chi connectivity index (χ3v) is 9.97. The summed E-state index contributed by atoms with van der Waals surface area (Å²) in [5.41, 5.74) is 3.64. The normalized spacial score (nSPS) is 28.6. The predicted octanol–water partition coefficient (Wildman–Crippen LogP) is 4.86. The minimum Gasteiger partial charge on any atom is -0.504 e. The molecule has 11 heteroatoms. The first-order valence-corrected chi connectivity index (χ1v) is 15.2. The van der Waals surface area contributed by atoms with Gasteiger partial charge >= 0.3 is 0 Å². The van der Waals surface area contributed by atoms with E-state index in [2.05, 4.69) is 10.7 Å². The van der Waals surface area contributed by atoms with Gasteiger partial charge in [-0.3, -0.25) is 29.9 Å². The number of carbonyl (C=O) groups is 4. The Hall–Kier alpha value is -4.70. The fraction of sp³-hybridized carbons (Fsp3) is 0.294. The van der Waals surface area contributed by atoms with Crippen molar-refractivity contribution < 1.29 is 33.4 Å². The number of ether oxygens (including phenoxy) is 1. The maximum Gasteiger partial charge on any atom is 0.260 e. The van der Waals surface area contributed by atoms with Crippen molar-refractivity contribution in [3.63, 3.8) is 0 Å². The van der Waals surface area contributed by atoms with Crippen LogP contribution in [0.3, 0.4) is 0 Å². The van der Waals surface area contributed by atoms with Crippen molar-refractivity contribution in [2.45, 2.75) is 31.1 Å². The van der Waals surface area contributed by atoms with Crippen LogP contribution in [0, 0.1) is 29.5 Å². The van der Waals surface area contributed by atoms with Crippen molar-refractivity contribution in [1.29, 1.82) is 0 Å². The molecule has 2 saturated heterocycles. The van der Waals surface area contributed by atoms with Crippen molar-refractivity contribution >= 4 is 40.9 Å². The van der Waals surface area contributed by atoms with E-state index in [9.17, 15) is 23.9 Å². The largest absolute Gasteiger partial charge is 0.504 e. The van der Waals surface area contributed by atoms with Crippen molar-refractivity contribution in [1.82, 2.24) is 10.3 Å². The number of rotatable bonds is 6. The third-order valence-electron chi connectivity index (χ3n) is 9.72. The molecule has 4 aliphatic rings. The molecule has 3 N–H and O–H groups in total. The number of fused-ring (bicyclic) bond motifs is 4. The maximum absolute atomic E-state index is 15.0. The number of nitrogens with one attached hydrogen (secondary N) is 2. The lowest BCUT2D eigenvalue weighted by Crippen LogP contribution is -2.53. The molecule has 0 radical (unpaired) electrons. The van der Waals surface area contributed by atoms with Gasteiger partial charge in [0.25, 0.3) is 11.8 Å². The van der Waals surface area contributed by atoms with Gasteiger partial charge in [0.05, 0.1) is 35.5 Å². The van der Waals surface area contributed by atoms with Crippen LogP contribution in [0.5, 0.6) is 11.5 Å². The monoisotopic (exact) mass is 629 g/mol. The molecular formula is C34H29ClFN3O6. The predicted molar refractivity (Wildman–Crippen MR) is 161 cm³/mol. The lowest BCUT2D eigenvalue weighted by atomic mass is 9.49. The van der Waals surface area contributed by atoms with Gasteiger partial charge in [-0.1, -0.05) is 41.4 Å². The Morgan fingerprint density at radius 2 is 1.76 bits per heavy atom. The number of hydrogen-bond acceptors (Lipinski definition) is 7. The molecule has 0 spiro atoms. The Labute approximate surface area is 263 Å². The zero-order chi connectivity index (χ0) is 31.6. The van der Waals surface area contributed by atoms with Gasteiger partial charge in [0.2, 0.25) is 11.8 Å². The maximum atomic E-state index is 15.0. The van der Waals surface area contributed by atoms with Gasteiger partial charge in [0, 0.05) is 10.9 Å². The van der Waals surface area contributed by atoms with Crippen LogP contribution < -0.4 is 15.5 Å². The summed E-state index contributed by atoms with van der Waals surface area (Å²) in [4.78, 5) is 55.5. The molecule has 230 valence electrons. The number of aromatic hydroxyl groups is 1. The Kier molecular flexibility index (Phi) is 6.92. The average Bonchev–Trinajstić information content (AvgIpc) is 3.43. The number of phenols is 1. The number of carbonyl (C=O) groups excluding carboxylic acids is 4. The van der Waals surface area contributed by atoms with E-state index < -0.39 is 58.5 Å². The highest BCUT2D eigenvalue weighted by Crippen LogP contribution is 2.64. The lowest BCUT2D eigenvalue weighted by molar-refractivity contribution is -0.138. The van der Waals surface area contributed by atoms with Gasteiger partial charge in [-0.15, -0.1) is 0 Å². The zero-order valence-corrected chi connectivity index (χ0v) is 24.9. The smallest absolute Gasteiger partial charge is 0.260 e. The topological polar surface area (TPSA) is 125 Å². The van der Waals surface area contributed by atoms with Gasteiger partial charge in [-0.25, -0.2) is 4.39 Å². The molecule has 4 amide bonds. The first-order valence-electron chi connectivity index (χ1n) is 14.8. The standard InChI is InChI=1S/C34H29ClFN3O6/c1-2-45-27-15-17(3-14-26(27)40)29-22-12-13-23-28(31(42)37-30(23)41)24(22)16-25-32(43)39(38-21-10-8-20(36)9-11-21)33(44)34(25,29)18-4-6-19(35)7-5-18/h3-12,14-15,23-25,28-29,38,40H,2,13,16H2,1H3,(H,37,41,42). The second-order valence-corrected chi connectivity index (χ2v) is 12.3. The van der Waals surface area contributed by atoms with Gasteiger partial charge in [0.1, 0.15) is 5.82 Å². The summed E-state index contributed by atoms with van der Waals surface area (Å²) in [6.07, 6.45) is 2.36. The molecular weight excluding hydrogens is 601 g/mol. The number of halogens is 2. The lowest BCUT2D eigenvalue weighted by Gasteiger charge is -2.50. The molecule has 3 aromatic carbocycles. The molecule has 6 atom stereocenters. The second-order valence-electron chi connectivity index (χ2n) is 11.9. The second kappa shape index (κ2) is 10.7. The fourth-order valence-corrected chi connectivity index (χ4v) is 8.05.